The summed E-state index contributed by atoms with van der Waals surface area (Å²) in [6.45, 7) is 2.43. The SMILES string of the molecule is CC1(C(N)=O)CCN(C(=O)c2cccc(N)c2O)C1. The molecule has 2 amide bonds. The van der Waals surface area contributed by atoms with Crippen LogP contribution in [0.2, 0.25) is 0 Å². The molecule has 5 N–H and O–H groups in total. The van der Waals surface area contributed by atoms with E-state index in [0.717, 1.165) is 0 Å². The number of benzene rings is 1. The first-order chi connectivity index (χ1) is 8.85. The van der Waals surface area contributed by atoms with Gasteiger partial charge in [0.1, 0.15) is 0 Å². The molecule has 19 heavy (non-hydrogen) atoms. The zero-order chi connectivity index (χ0) is 14.2. The van der Waals surface area contributed by atoms with Gasteiger partial charge in [0, 0.05) is 13.1 Å². The number of phenolic OH excluding ortho intramolecular Hbond substituents is 1. The van der Waals surface area contributed by atoms with E-state index in [1.165, 1.54) is 17.0 Å². The number of phenols is 1. The molecule has 1 aromatic carbocycles. The third-order valence-corrected chi connectivity index (χ3v) is 3.65. The van der Waals surface area contributed by atoms with Crippen molar-refractivity contribution in [3.63, 3.8) is 0 Å². The molecular formula is C13H17N3O3. The fourth-order valence-electron chi connectivity index (χ4n) is 2.24. The number of nitrogens with zero attached hydrogens (tertiary/aromatic N) is 1. The minimum Gasteiger partial charge on any atom is -0.505 e. The van der Waals surface area contributed by atoms with Crippen LogP contribution in [0.1, 0.15) is 23.7 Å². The number of carbonyl (C=O) groups is 2. The van der Waals surface area contributed by atoms with E-state index in [-0.39, 0.29) is 29.5 Å². The lowest BCUT2D eigenvalue weighted by Gasteiger charge is -2.21. The van der Waals surface area contributed by atoms with E-state index in [0.29, 0.717) is 13.0 Å². The summed E-state index contributed by atoms with van der Waals surface area (Å²) >= 11 is 0. The van der Waals surface area contributed by atoms with Crippen molar-refractivity contribution in [2.24, 2.45) is 11.1 Å². The van der Waals surface area contributed by atoms with Crippen LogP contribution in [-0.4, -0.2) is 34.9 Å². The number of nitrogen functional groups attached to an aromatic ring is 1. The number of rotatable bonds is 2. The number of primary amides is 1. The fraction of sp³-hybridized carbons (Fsp3) is 0.385. The molecule has 1 heterocycles. The van der Waals surface area contributed by atoms with Crippen molar-refractivity contribution >= 4 is 17.5 Å². The van der Waals surface area contributed by atoms with E-state index < -0.39 is 11.3 Å². The lowest BCUT2D eigenvalue weighted by atomic mass is 9.89. The molecule has 0 aromatic heterocycles. The van der Waals surface area contributed by atoms with Gasteiger partial charge in [-0.05, 0) is 25.5 Å². The highest BCUT2D eigenvalue weighted by Gasteiger charge is 2.41. The van der Waals surface area contributed by atoms with Crippen molar-refractivity contribution < 1.29 is 14.7 Å². The fourth-order valence-corrected chi connectivity index (χ4v) is 2.24. The summed E-state index contributed by atoms with van der Waals surface area (Å²) in [6.07, 6.45) is 0.525. The number of hydrogen-bond donors (Lipinski definition) is 3. The molecule has 102 valence electrons. The monoisotopic (exact) mass is 263 g/mol. The average Bonchev–Trinajstić information content (AvgIpc) is 2.76. The van der Waals surface area contributed by atoms with E-state index in [9.17, 15) is 14.7 Å². The molecule has 1 atom stereocenters. The zero-order valence-electron chi connectivity index (χ0n) is 10.7. The van der Waals surface area contributed by atoms with Gasteiger partial charge in [-0.3, -0.25) is 9.59 Å². The summed E-state index contributed by atoms with van der Waals surface area (Å²) in [5.74, 6) is -0.977. The smallest absolute Gasteiger partial charge is 0.257 e. The number of para-hydroxylation sites is 1. The average molecular weight is 263 g/mol. The number of anilines is 1. The van der Waals surface area contributed by atoms with Crippen LogP contribution in [0.3, 0.4) is 0 Å². The topological polar surface area (TPSA) is 110 Å². The molecule has 2 rings (SSSR count). The minimum absolute atomic E-state index is 0.147. The first-order valence-electron chi connectivity index (χ1n) is 6.02. The predicted octanol–water partition coefficient (Wildman–Crippen LogP) is 0.312. The van der Waals surface area contributed by atoms with Gasteiger partial charge in [-0.15, -0.1) is 0 Å². The summed E-state index contributed by atoms with van der Waals surface area (Å²) in [7, 11) is 0. The highest BCUT2D eigenvalue weighted by atomic mass is 16.3. The van der Waals surface area contributed by atoms with Crippen LogP contribution in [0.4, 0.5) is 5.69 Å². The molecule has 1 unspecified atom stereocenters. The van der Waals surface area contributed by atoms with Crippen LogP contribution < -0.4 is 11.5 Å². The molecule has 0 saturated carbocycles. The van der Waals surface area contributed by atoms with Gasteiger partial charge in [0.15, 0.2) is 5.75 Å². The largest absolute Gasteiger partial charge is 0.505 e. The molecule has 1 saturated heterocycles. The summed E-state index contributed by atoms with van der Waals surface area (Å²) in [5, 5.41) is 9.80. The second kappa shape index (κ2) is 4.46. The van der Waals surface area contributed by atoms with E-state index in [1.807, 2.05) is 0 Å². The van der Waals surface area contributed by atoms with Crippen molar-refractivity contribution in [1.29, 1.82) is 0 Å². The Hall–Kier alpha value is -2.24. The Balaban J connectivity index is 2.23. The quantitative estimate of drug-likeness (QED) is 0.527. The highest BCUT2D eigenvalue weighted by molar-refractivity contribution is 5.99. The summed E-state index contributed by atoms with van der Waals surface area (Å²) in [4.78, 5) is 25.2. The molecule has 6 heteroatoms. The van der Waals surface area contributed by atoms with Gasteiger partial charge in [-0.25, -0.2) is 0 Å². The van der Waals surface area contributed by atoms with E-state index in [1.54, 1.807) is 13.0 Å². The van der Waals surface area contributed by atoms with E-state index >= 15 is 0 Å². The third kappa shape index (κ3) is 2.21. The zero-order valence-corrected chi connectivity index (χ0v) is 10.7. The first-order valence-corrected chi connectivity index (χ1v) is 6.02. The number of hydrogen-bond acceptors (Lipinski definition) is 4. The number of carbonyl (C=O) groups excluding carboxylic acids is 2. The standard InChI is InChI=1S/C13H17N3O3/c1-13(12(15)19)5-6-16(7-13)11(18)8-3-2-4-9(14)10(8)17/h2-4,17H,5-7,14H2,1H3,(H2,15,19). The second-order valence-electron chi connectivity index (χ2n) is 5.15. The maximum atomic E-state index is 12.3. The molecule has 1 fully saturated rings. The molecular weight excluding hydrogens is 246 g/mol. The summed E-state index contributed by atoms with van der Waals surface area (Å²) in [5.41, 5.74) is 10.5. The van der Waals surface area contributed by atoms with Crippen molar-refractivity contribution in [3.8, 4) is 5.75 Å². The lowest BCUT2D eigenvalue weighted by Crippen LogP contribution is -2.38. The molecule has 6 nitrogen and oxygen atoms in total. The maximum absolute atomic E-state index is 12.3. The lowest BCUT2D eigenvalue weighted by molar-refractivity contribution is -0.126. The van der Waals surface area contributed by atoms with Crippen LogP contribution in [0.5, 0.6) is 5.75 Å². The van der Waals surface area contributed by atoms with E-state index in [4.69, 9.17) is 11.5 Å². The Kier molecular flexibility index (Phi) is 3.09. The Morgan fingerprint density at radius 3 is 2.68 bits per heavy atom. The molecule has 0 aliphatic carbocycles. The second-order valence-corrected chi connectivity index (χ2v) is 5.15. The molecule has 0 radical (unpaired) electrons. The Morgan fingerprint density at radius 1 is 1.42 bits per heavy atom. The normalized spacial score (nSPS) is 22.5. The molecule has 0 bridgehead atoms. The van der Waals surface area contributed by atoms with Crippen LogP contribution >= 0.6 is 0 Å². The van der Waals surface area contributed by atoms with Crippen LogP contribution in [0, 0.1) is 5.41 Å². The van der Waals surface area contributed by atoms with Crippen LogP contribution in [0.25, 0.3) is 0 Å². The number of amides is 2. The van der Waals surface area contributed by atoms with Crippen LogP contribution in [0.15, 0.2) is 18.2 Å². The van der Waals surface area contributed by atoms with Crippen molar-refractivity contribution in [2.45, 2.75) is 13.3 Å². The molecule has 1 aromatic rings. The minimum atomic E-state index is -0.703. The molecule has 1 aliphatic rings. The Bertz CT molecular complexity index is 544. The van der Waals surface area contributed by atoms with Gasteiger partial charge in [-0.1, -0.05) is 6.07 Å². The predicted molar refractivity (Wildman–Crippen MR) is 70.3 cm³/mol. The Morgan fingerprint density at radius 2 is 2.11 bits per heavy atom. The van der Waals surface area contributed by atoms with Gasteiger partial charge < -0.3 is 21.5 Å². The maximum Gasteiger partial charge on any atom is 0.257 e. The molecule has 1 aliphatic heterocycles. The highest BCUT2D eigenvalue weighted by Crippen LogP contribution is 2.32. The van der Waals surface area contributed by atoms with Gasteiger partial charge in [0.05, 0.1) is 16.7 Å². The number of nitrogens with two attached hydrogens (primary N) is 2. The summed E-state index contributed by atoms with van der Waals surface area (Å²) < 4.78 is 0. The molecule has 0 spiro atoms. The Labute approximate surface area is 111 Å². The van der Waals surface area contributed by atoms with Crippen molar-refractivity contribution in [2.75, 3.05) is 18.8 Å². The van der Waals surface area contributed by atoms with Crippen molar-refractivity contribution in [3.05, 3.63) is 23.8 Å². The third-order valence-electron chi connectivity index (χ3n) is 3.65. The number of likely N-dealkylation sites (tertiary alicyclic amines) is 1. The van der Waals surface area contributed by atoms with Gasteiger partial charge in [-0.2, -0.15) is 0 Å². The van der Waals surface area contributed by atoms with Gasteiger partial charge in [0.2, 0.25) is 5.91 Å². The van der Waals surface area contributed by atoms with Gasteiger partial charge in [0.25, 0.3) is 5.91 Å². The first kappa shape index (κ1) is 13.2. The number of aromatic hydroxyl groups is 1. The van der Waals surface area contributed by atoms with E-state index in [2.05, 4.69) is 0 Å². The van der Waals surface area contributed by atoms with Crippen molar-refractivity contribution in [1.82, 2.24) is 4.90 Å². The van der Waals surface area contributed by atoms with Gasteiger partial charge >= 0.3 is 0 Å². The summed E-state index contributed by atoms with van der Waals surface area (Å²) in [6, 6.07) is 4.63. The van der Waals surface area contributed by atoms with Crippen LogP contribution in [-0.2, 0) is 4.79 Å².